The van der Waals surface area contributed by atoms with Gasteiger partial charge in [-0.2, -0.15) is 0 Å². The van der Waals surface area contributed by atoms with Crippen molar-refractivity contribution in [2.24, 2.45) is 0 Å². The zero-order valence-corrected chi connectivity index (χ0v) is 46.7. The monoisotopic (exact) mass is 1080 g/mol. The Labute approximate surface area is 485 Å². The summed E-state index contributed by atoms with van der Waals surface area (Å²) in [6, 6.07) is 103. The topological polar surface area (TPSA) is 30.7 Å². The zero-order valence-electron chi connectivity index (χ0n) is 45.9. The molecule has 0 unspecified atom stereocenters. The molecule has 0 bridgehead atoms. The van der Waals surface area contributed by atoms with Crippen molar-refractivity contribution in [1.29, 1.82) is 0 Å². The Morgan fingerprint density at radius 2 is 0.771 bits per heavy atom. The summed E-state index contributed by atoms with van der Waals surface area (Å²) in [5.74, 6) is 0.665. The molecule has 13 aromatic carbocycles. The molecular weight excluding hydrogens is 1020 g/mol. The Morgan fingerprint density at radius 1 is 0.289 bits per heavy atom. The number of thiophene rings is 1. The molecule has 0 saturated carbocycles. The maximum Gasteiger partial charge on any atom is 0.235 e. The third-order valence-electron chi connectivity index (χ3n) is 17.3. The third-order valence-corrected chi connectivity index (χ3v) is 18.5. The Morgan fingerprint density at radius 3 is 1.47 bits per heavy atom. The van der Waals surface area contributed by atoms with E-state index in [0.29, 0.717) is 5.95 Å². The van der Waals surface area contributed by atoms with Crippen LogP contribution in [0.15, 0.2) is 285 Å². The lowest BCUT2D eigenvalue weighted by molar-refractivity contribution is 0.661. The van der Waals surface area contributed by atoms with Gasteiger partial charge in [-0.25, -0.2) is 9.97 Å². The van der Waals surface area contributed by atoms with Gasteiger partial charge in [0, 0.05) is 47.5 Å². The average Bonchev–Trinajstić information content (AvgIpc) is 2.44. The van der Waals surface area contributed by atoms with E-state index in [1.165, 1.54) is 119 Å². The van der Waals surface area contributed by atoms with E-state index in [9.17, 15) is 0 Å². The standard InChI is InChI=1S/C43H31N3.C36H22S/c1-43(2)36-21-13-12-20-32(36)33-26-41-35(25-37(33)43)34-24-31(28-14-6-3-7-15-28)22-23-40(34)46(41)42-44-38(29-16-8-4-9-17-29)27-39(45-42)30-18-10-5-11-19-30;1-2-13-29-27(11-1)28-12-3-4-14-30(28)34-22-24(19-20-31(29)34)23-9-7-10-25(21-23)26-16-8-17-33-32-15-5-6-18-35(32)37-36(26)33/h3-27H,1-2H3;1-22H. The van der Waals surface area contributed by atoms with E-state index in [-0.39, 0.29) is 5.41 Å². The molecule has 0 aliphatic heterocycles. The number of rotatable bonds is 6. The van der Waals surface area contributed by atoms with Crippen molar-refractivity contribution in [3.05, 3.63) is 296 Å². The van der Waals surface area contributed by atoms with Crippen molar-refractivity contribution in [2.45, 2.75) is 19.3 Å². The number of hydrogen-bond acceptors (Lipinski definition) is 3. The van der Waals surface area contributed by atoms with E-state index in [1.54, 1.807) is 0 Å². The molecule has 0 atom stereocenters. The van der Waals surface area contributed by atoms with E-state index in [0.717, 1.165) is 33.5 Å². The summed E-state index contributed by atoms with van der Waals surface area (Å²) in [5.41, 5.74) is 18.8. The van der Waals surface area contributed by atoms with Crippen molar-refractivity contribution >= 4 is 85.6 Å². The number of fused-ring (bicyclic) bond motifs is 15. The molecule has 83 heavy (non-hydrogen) atoms. The van der Waals surface area contributed by atoms with Gasteiger partial charge in [0.25, 0.3) is 0 Å². The Hall–Kier alpha value is -10.3. The first kappa shape index (κ1) is 48.6. The Balaban J connectivity index is 0.000000139. The second kappa shape index (κ2) is 19.5. The van der Waals surface area contributed by atoms with Crippen LogP contribution < -0.4 is 0 Å². The highest BCUT2D eigenvalue weighted by molar-refractivity contribution is 7.26. The van der Waals surface area contributed by atoms with E-state index in [2.05, 4.69) is 291 Å². The lowest BCUT2D eigenvalue weighted by Gasteiger charge is -2.21. The van der Waals surface area contributed by atoms with Gasteiger partial charge < -0.3 is 0 Å². The maximum atomic E-state index is 5.27. The maximum absolute atomic E-state index is 5.27. The summed E-state index contributed by atoms with van der Waals surface area (Å²) < 4.78 is 4.97. The smallest absolute Gasteiger partial charge is 0.235 e. The molecular formula is C79H53N3S. The summed E-state index contributed by atoms with van der Waals surface area (Å²) in [6.45, 7) is 4.69. The fraction of sp³-hybridized carbons (Fsp3) is 0.0380. The van der Waals surface area contributed by atoms with E-state index >= 15 is 0 Å². The Kier molecular flexibility index (Phi) is 11.4. The molecule has 0 spiro atoms. The van der Waals surface area contributed by atoms with Gasteiger partial charge in [0.2, 0.25) is 5.95 Å². The first-order chi connectivity index (χ1) is 40.9. The Bertz CT molecular complexity index is 5130. The van der Waals surface area contributed by atoms with Crippen molar-refractivity contribution in [2.75, 3.05) is 0 Å². The molecule has 0 saturated heterocycles. The molecule has 3 nitrogen and oxygen atoms in total. The van der Waals surface area contributed by atoms with Crippen LogP contribution in [0.3, 0.4) is 0 Å². The van der Waals surface area contributed by atoms with Crippen LogP contribution in [0.25, 0.3) is 147 Å². The van der Waals surface area contributed by atoms with Crippen LogP contribution in [-0.4, -0.2) is 14.5 Å². The van der Waals surface area contributed by atoms with Gasteiger partial charge in [0.15, 0.2) is 0 Å². The highest BCUT2D eigenvalue weighted by Gasteiger charge is 2.36. The summed E-state index contributed by atoms with van der Waals surface area (Å²) in [5, 5.41) is 13.0. The third kappa shape index (κ3) is 8.09. The minimum absolute atomic E-state index is 0.101. The molecule has 16 aromatic rings. The van der Waals surface area contributed by atoms with Crippen molar-refractivity contribution < 1.29 is 0 Å². The van der Waals surface area contributed by atoms with Crippen molar-refractivity contribution in [3.63, 3.8) is 0 Å². The molecule has 0 amide bonds. The van der Waals surface area contributed by atoms with Crippen LogP contribution >= 0.6 is 11.3 Å². The lowest BCUT2D eigenvalue weighted by atomic mass is 9.82. The van der Waals surface area contributed by atoms with E-state index < -0.39 is 0 Å². The predicted molar refractivity (Wildman–Crippen MR) is 353 cm³/mol. The highest BCUT2D eigenvalue weighted by atomic mass is 32.1. The average molecular weight is 1080 g/mol. The van der Waals surface area contributed by atoms with Crippen LogP contribution in [-0.2, 0) is 5.41 Å². The number of aromatic nitrogens is 3. The number of hydrogen-bond donors (Lipinski definition) is 0. The quantitative estimate of drug-likeness (QED) is 0.155. The van der Waals surface area contributed by atoms with E-state index in [1.807, 2.05) is 23.5 Å². The number of nitrogens with zero attached hydrogens (tertiary/aromatic N) is 3. The molecule has 1 aliphatic rings. The van der Waals surface area contributed by atoms with Gasteiger partial charge in [0.05, 0.1) is 22.4 Å². The molecule has 0 radical (unpaired) electrons. The van der Waals surface area contributed by atoms with Crippen LogP contribution in [0.5, 0.6) is 0 Å². The second-order valence-electron chi connectivity index (χ2n) is 22.4. The van der Waals surface area contributed by atoms with Gasteiger partial charge in [-0.05, 0) is 136 Å². The summed E-state index contributed by atoms with van der Waals surface area (Å²) in [4.78, 5) is 10.5. The molecule has 1 aliphatic carbocycles. The summed E-state index contributed by atoms with van der Waals surface area (Å²) in [7, 11) is 0. The van der Waals surface area contributed by atoms with Gasteiger partial charge in [-0.3, -0.25) is 4.57 Å². The minimum Gasteiger partial charge on any atom is -0.278 e. The zero-order chi connectivity index (χ0) is 55.2. The summed E-state index contributed by atoms with van der Waals surface area (Å²) in [6.07, 6.45) is 0. The van der Waals surface area contributed by atoms with Crippen molar-refractivity contribution in [1.82, 2.24) is 14.5 Å². The fourth-order valence-corrected chi connectivity index (χ4v) is 14.5. The van der Waals surface area contributed by atoms with Gasteiger partial charge in [-0.15, -0.1) is 11.3 Å². The molecule has 390 valence electrons. The molecule has 17 rings (SSSR count). The molecule has 0 fully saturated rings. The normalized spacial score (nSPS) is 12.6. The SMILES string of the molecule is CC1(C)c2ccccc2-c2cc3c(cc21)c1cc(-c2ccccc2)ccc1n3-c1nc(-c2ccccc2)cc(-c2ccccc2)n1.c1cc(-c2ccc3c4ccccc4c4ccccc4c3c2)cc(-c2cccc3c2sc2ccccc23)c1. The summed E-state index contributed by atoms with van der Waals surface area (Å²) >= 11 is 1.89. The fourth-order valence-electron chi connectivity index (χ4n) is 13.2. The van der Waals surface area contributed by atoms with Crippen LogP contribution in [0.4, 0.5) is 0 Å². The molecule has 0 N–H and O–H groups in total. The van der Waals surface area contributed by atoms with Crippen molar-refractivity contribution in [3.8, 4) is 73.0 Å². The van der Waals surface area contributed by atoms with Crippen LogP contribution in [0.1, 0.15) is 25.0 Å². The molecule has 4 heteroatoms. The molecule has 3 aromatic heterocycles. The van der Waals surface area contributed by atoms with Crippen LogP contribution in [0.2, 0.25) is 0 Å². The second-order valence-corrected chi connectivity index (χ2v) is 23.5. The van der Waals surface area contributed by atoms with Gasteiger partial charge >= 0.3 is 0 Å². The minimum atomic E-state index is -0.101. The van der Waals surface area contributed by atoms with Gasteiger partial charge in [0.1, 0.15) is 0 Å². The van der Waals surface area contributed by atoms with Gasteiger partial charge in [-0.1, -0.05) is 250 Å². The highest BCUT2D eigenvalue weighted by Crippen LogP contribution is 2.51. The predicted octanol–water partition coefficient (Wildman–Crippen LogP) is 21.7. The first-order valence-corrected chi connectivity index (χ1v) is 29.4. The largest absolute Gasteiger partial charge is 0.278 e. The van der Waals surface area contributed by atoms with Crippen LogP contribution in [0, 0.1) is 0 Å². The van der Waals surface area contributed by atoms with E-state index in [4.69, 9.17) is 9.97 Å². The number of benzene rings is 13. The lowest BCUT2D eigenvalue weighted by Crippen LogP contribution is -2.14. The molecule has 3 heterocycles. The first-order valence-electron chi connectivity index (χ1n) is 28.5.